The fourth-order valence-electron chi connectivity index (χ4n) is 1.36. The van der Waals surface area contributed by atoms with E-state index in [4.69, 9.17) is 16.3 Å². The van der Waals surface area contributed by atoms with Crippen LogP contribution in [0.1, 0.15) is 0 Å². The maximum absolute atomic E-state index is 10.9. The molecule has 1 aromatic carbocycles. The molecule has 0 saturated carbocycles. The Morgan fingerprint density at radius 1 is 1.42 bits per heavy atom. The first-order chi connectivity index (χ1) is 9.11. The molecule has 0 fully saturated rings. The molecule has 0 unspecified atom stereocenters. The van der Waals surface area contributed by atoms with E-state index >= 15 is 0 Å². The van der Waals surface area contributed by atoms with Gasteiger partial charge >= 0.3 is 5.69 Å². The average Bonchev–Trinajstić information content (AvgIpc) is 2.41. The molecule has 8 heteroatoms. The van der Waals surface area contributed by atoms with Crippen LogP contribution in [0.25, 0.3) is 0 Å². The number of hydrogen-bond donors (Lipinski definition) is 1. The number of aromatic nitrogens is 2. The third kappa shape index (κ3) is 2.89. The van der Waals surface area contributed by atoms with Gasteiger partial charge in [-0.05, 0) is 6.07 Å². The number of anilines is 1. The number of rotatable bonds is 4. The van der Waals surface area contributed by atoms with E-state index in [9.17, 15) is 10.1 Å². The second kappa shape index (κ2) is 5.49. The van der Waals surface area contributed by atoms with Gasteiger partial charge in [-0.3, -0.25) is 15.1 Å². The molecule has 98 valence electrons. The predicted molar refractivity (Wildman–Crippen MR) is 69.8 cm³/mol. The van der Waals surface area contributed by atoms with Crippen LogP contribution in [-0.2, 0) is 0 Å². The molecule has 1 N–H and O–H groups in total. The number of benzene rings is 1. The smallest absolute Gasteiger partial charge is 0.313 e. The van der Waals surface area contributed by atoms with Crippen LogP contribution in [0.15, 0.2) is 30.6 Å². The first kappa shape index (κ1) is 13.0. The van der Waals surface area contributed by atoms with E-state index in [1.54, 1.807) is 7.05 Å². The molecule has 0 aliphatic heterocycles. The van der Waals surface area contributed by atoms with Gasteiger partial charge in [-0.2, -0.15) is 4.98 Å². The standard InChI is InChI=1S/C11H9ClN4O3/c1-13-9-5-14-6-10(15-9)19-11-7(12)3-2-4-8(11)16(17)18/h2-6H,1H3,(H,13,15). The zero-order valence-electron chi connectivity index (χ0n) is 9.83. The van der Waals surface area contributed by atoms with Crippen molar-refractivity contribution >= 4 is 23.1 Å². The van der Waals surface area contributed by atoms with E-state index in [0.29, 0.717) is 5.82 Å². The van der Waals surface area contributed by atoms with Crippen LogP contribution in [0, 0.1) is 10.1 Å². The Hall–Kier alpha value is -2.41. The lowest BCUT2D eigenvalue weighted by Crippen LogP contribution is -1.98. The van der Waals surface area contributed by atoms with E-state index in [-0.39, 0.29) is 22.3 Å². The molecule has 2 rings (SSSR count). The summed E-state index contributed by atoms with van der Waals surface area (Å²) in [4.78, 5) is 18.3. The highest BCUT2D eigenvalue weighted by molar-refractivity contribution is 6.32. The van der Waals surface area contributed by atoms with E-state index in [1.165, 1.54) is 30.6 Å². The molecule has 19 heavy (non-hydrogen) atoms. The topological polar surface area (TPSA) is 90.2 Å². The van der Waals surface area contributed by atoms with Gasteiger partial charge in [0, 0.05) is 13.1 Å². The summed E-state index contributed by atoms with van der Waals surface area (Å²) in [6.07, 6.45) is 2.84. The SMILES string of the molecule is CNc1cncc(Oc2c(Cl)cccc2[N+](=O)[O-])n1. The largest absolute Gasteiger partial charge is 0.429 e. The van der Waals surface area contributed by atoms with Crippen molar-refractivity contribution in [2.24, 2.45) is 0 Å². The Balaban J connectivity index is 2.40. The monoisotopic (exact) mass is 280 g/mol. The van der Waals surface area contributed by atoms with Crippen LogP contribution in [0.2, 0.25) is 5.02 Å². The molecule has 0 aliphatic rings. The van der Waals surface area contributed by atoms with Crippen molar-refractivity contribution in [3.63, 3.8) is 0 Å². The molecule has 2 aromatic rings. The average molecular weight is 281 g/mol. The number of nitro groups is 1. The van der Waals surface area contributed by atoms with Crippen LogP contribution in [0.4, 0.5) is 11.5 Å². The zero-order valence-corrected chi connectivity index (χ0v) is 10.6. The molecule has 0 aliphatic carbocycles. The van der Waals surface area contributed by atoms with E-state index in [2.05, 4.69) is 15.3 Å². The summed E-state index contributed by atoms with van der Waals surface area (Å²) < 4.78 is 5.36. The van der Waals surface area contributed by atoms with Crippen molar-refractivity contribution < 1.29 is 9.66 Å². The summed E-state index contributed by atoms with van der Waals surface area (Å²) in [6.45, 7) is 0. The number of nitrogens with one attached hydrogen (secondary N) is 1. The second-order valence-corrected chi connectivity index (χ2v) is 3.85. The Bertz CT molecular complexity index is 621. The molecule has 0 amide bonds. The zero-order chi connectivity index (χ0) is 13.8. The number of para-hydroxylation sites is 1. The molecule has 0 saturated heterocycles. The van der Waals surface area contributed by atoms with Gasteiger partial charge in [0.1, 0.15) is 5.82 Å². The van der Waals surface area contributed by atoms with Gasteiger partial charge in [0.05, 0.1) is 22.3 Å². The fraction of sp³-hybridized carbons (Fsp3) is 0.0909. The fourth-order valence-corrected chi connectivity index (χ4v) is 1.57. The van der Waals surface area contributed by atoms with Gasteiger partial charge < -0.3 is 10.1 Å². The Morgan fingerprint density at radius 2 is 2.21 bits per heavy atom. The minimum atomic E-state index is -0.573. The quantitative estimate of drug-likeness (QED) is 0.684. The van der Waals surface area contributed by atoms with Crippen molar-refractivity contribution in [2.75, 3.05) is 12.4 Å². The van der Waals surface area contributed by atoms with E-state index < -0.39 is 4.92 Å². The number of halogens is 1. The molecular formula is C11H9ClN4O3. The molecular weight excluding hydrogens is 272 g/mol. The van der Waals surface area contributed by atoms with Crippen LogP contribution in [0.5, 0.6) is 11.6 Å². The van der Waals surface area contributed by atoms with Gasteiger partial charge in [-0.15, -0.1) is 0 Å². The third-order valence-electron chi connectivity index (χ3n) is 2.22. The highest BCUT2D eigenvalue weighted by atomic mass is 35.5. The number of nitro benzene ring substituents is 1. The third-order valence-corrected chi connectivity index (χ3v) is 2.52. The highest BCUT2D eigenvalue weighted by Gasteiger charge is 2.19. The van der Waals surface area contributed by atoms with Crippen LogP contribution in [0.3, 0.4) is 0 Å². The Kier molecular flexibility index (Phi) is 3.76. The van der Waals surface area contributed by atoms with Crippen molar-refractivity contribution in [1.29, 1.82) is 0 Å². The summed E-state index contributed by atoms with van der Waals surface area (Å²) >= 11 is 5.90. The summed E-state index contributed by atoms with van der Waals surface area (Å²) in [5.74, 6) is 0.534. The predicted octanol–water partition coefficient (Wildman–Crippen LogP) is 2.87. The first-order valence-corrected chi connectivity index (χ1v) is 5.60. The van der Waals surface area contributed by atoms with Gasteiger partial charge in [-0.1, -0.05) is 17.7 Å². The maximum atomic E-state index is 10.9. The molecule has 7 nitrogen and oxygen atoms in total. The van der Waals surface area contributed by atoms with Crippen LogP contribution < -0.4 is 10.1 Å². The van der Waals surface area contributed by atoms with Crippen LogP contribution in [-0.4, -0.2) is 21.9 Å². The van der Waals surface area contributed by atoms with Crippen molar-refractivity contribution in [3.8, 4) is 11.6 Å². The maximum Gasteiger partial charge on any atom is 0.313 e. The van der Waals surface area contributed by atoms with Gasteiger partial charge in [0.2, 0.25) is 11.6 Å². The highest BCUT2D eigenvalue weighted by Crippen LogP contribution is 2.37. The molecule has 1 aromatic heterocycles. The van der Waals surface area contributed by atoms with Gasteiger partial charge in [0.15, 0.2) is 0 Å². The minimum absolute atomic E-state index is 0.0586. The van der Waals surface area contributed by atoms with E-state index in [1.807, 2.05) is 0 Å². The van der Waals surface area contributed by atoms with Gasteiger partial charge in [0.25, 0.3) is 0 Å². The first-order valence-electron chi connectivity index (χ1n) is 5.22. The Labute approximate surface area is 113 Å². The van der Waals surface area contributed by atoms with Gasteiger partial charge in [-0.25, -0.2) is 0 Å². The van der Waals surface area contributed by atoms with Crippen molar-refractivity contribution in [1.82, 2.24) is 9.97 Å². The molecule has 0 radical (unpaired) electrons. The lowest BCUT2D eigenvalue weighted by Gasteiger charge is -2.07. The van der Waals surface area contributed by atoms with Crippen molar-refractivity contribution in [2.45, 2.75) is 0 Å². The Morgan fingerprint density at radius 3 is 2.89 bits per heavy atom. The lowest BCUT2D eigenvalue weighted by atomic mass is 10.3. The van der Waals surface area contributed by atoms with E-state index in [0.717, 1.165) is 0 Å². The summed E-state index contributed by atoms with van der Waals surface area (Å²) in [5, 5.41) is 13.8. The number of ether oxygens (including phenoxy) is 1. The normalized spacial score (nSPS) is 10.0. The minimum Gasteiger partial charge on any atom is -0.429 e. The molecule has 0 atom stereocenters. The van der Waals surface area contributed by atoms with Crippen LogP contribution >= 0.6 is 11.6 Å². The summed E-state index contributed by atoms with van der Waals surface area (Å²) in [6, 6.07) is 4.28. The van der Waals surface area contributed by atoms with Crippen molar-refractivity contribution in [3.05, 3.63) is 45.7 Å². The number of hydrogen-bond acceptors (Lipinski definition) is 6. The summed E-state index contributed by atoms with van der Waals surface area (Å²) in [5.41, 5.74) is -0.232. The number of nitrogens with zero attached hydrogens (tertiary/aromatic N) is 3. The molecule has 0 bridgehead atoms. The molecule has 0 spiro atoms. The second-order valence-electron chi connectivity index (χ2n) is 3.44. The molecule has 1 heterocycles. The summed E-state index contributed by atoms with van der Waals surface area (Å²) in [7, 11) is 1.67. The lowest BCUT2D eigenvalue weighted by molar-refractivity contribution is -0.385.